The first-order valence-electron chi connectivity index (χ1n) is 9.61. The van der Waals surface area contributed by atoms with Gasteiger partial charge in [0.25, 0.3) is 0 Å². The molecule has 1 heterocycles. The van der Waals surface area contributed by atoms with Crippen molar-refractivity contribution in [3.63, 3.8) is 0 Å². The Morgan fingerprint density at radius 2 is 1.86 bits per heavy atom. The molecular weight excluding hydrogens is 392 g/mol. The lowest BCUT2D eigenvalue weighted by Gasteiger charge is -2.36. The van der Waals surface area contributed by atoms with Gasteiger partial charge < -0.3 is 14.4 Å². The molecule has 0 saturated carbocycles. The summed E-state index contributed by atoms with van der Waals surface area (Å²) in [6, 6.07) is 13.5. The van der Waals surface area contributed by atoms with Crippen LogP contribution in [-0.2, 0) is 14.8 Å². The van der Waals surface area contributed by atoms with Crippen molar-refractivity contribution in [3.8, 4) is 5.75 Å². The molecular formula is C21H26N2O5S. The van der Waals surface area contributed by atoms with E-state index in [1.807, 2.05) is 24.3 Å². The van der Waals surface area contributed by atoms with E-state index < -0.39 is 16.0 Å². The molecule has 0 aromatic heterocycles. The molecule has 0 N–H and O–H groups in total. The third kappa shape index (κ3) is 4.54. The fourth-order valence-electron chi connectivity index (χ4n) is 3.32. The number of hydrogen-bond acceptors (Lipinski definition) is 6. The zero-order valence-electron chi connectivity index (χ0n) is 16.9. The van der Waals surface area contributed by atoms with Crippen molar-refractivity contribution in [3.05, 3.63) is 54.1 Å². The molecule has 1 aliphatic rings. The number of benzene rings is 2. The highest BCUT2D eigenvalue weighted by Crippen LogP contribution is 2.33. The van der Waals surface area contributed by atoms with Crippen LogP contribution < -0.4 is 9.64 Å². The molecule has 156 valence electrons. The maximum atomic E-state index is 12.9. The number of anilines is 1. The second kappa shape index (κ2) is 8.84. The van der Waals surface area contributed by atoms with Crippen LogP contribution >= 0.6 is 0 Å². The molecule has 0 aliphatic carbocycles. The van der Waals surface area contributed by atoms with Crippen molar-refractivity contribution in [1.82, 2.24) is 4.31 Å². The molecule has 7 nitrogen and oxygen atoms in total. The van der Waals surface area contributed by atoms with Crippen molar-refractivity contribution >= 4 is 21.7 Å². The van der Waals surface area contributed by atoms with Gasteiger partial charge in [-0.1, -0.05) is 12.1 Å². The van der Waals surface area contributed by atoms with Crippen LogP contribution in [0.25, 0.3) is 0 Å². The Labute approximate surface area is 171 Å². The van der Waals surface area contributed by atoms with E-state index in [9.17, 15) is 13.2 Å². The Hall–Kier alpha value is -2.58. The molecule has 2 aromatic carbocycles. The number of esters is 1. The summed E-state index contributed by atoms with van der Waals surface area (Å²) in [7, 11) is -2.18. The summed E-state index contributed by atoms with van der Waals surface area (Å²) < 4.78 is 38.2. The SMILES string of the molecule is CCOC(=O)c1ccc(S(=O)(=O)N(C)C[C@H]2CN(CC)c3ccccc3O2)cc1. The summed E-state index contributed by atoms with van der Waals surface area (Å²) in [6.07, 6.45) is -0.288. The highest BCUT2D eigenvalue weighted by molar-refractivity contribution is 7.89. The van der Waals surface area contributed by atoms with Crippen molar-refractivity contribution in [2.75, 3.05) is 38.2 Å². The van der Waals surface area contributed by atoms with Crippen molar-refractivity contribution < 1.29 is 22.7 Å². The molecule has 0 fully saturated rings. The van der Waals surface area contributed by atoms with Gasteiger partial charge in [0.15, 0.2) is 0 Å². The van der Waals surface area contributed by atoms with Crippen LogP contribution in [0, 0.1) is 0 Å². The van der Waals surface area contributed by atoms with Gasteiger partial charge in [-0.3, -0.25) is 0 Å². The van der Waals surface area contributed by atoms with Gasteiger partial charge in [-0.25, -0.2) is 13.2 Å². The fourth-order valence-corrected chi connectivity index (χ4v) is 4.52. The van der Waals surface area contributed by atoms with Crippen molar-refractivity contribution in [2.45, 2.75) is 24.8 Å². The Balaban J connectivity index is 1.73. The van der Waals surface area contributed by atoms with E-state index >= 15 is 0 Å². The minimum absolute atomic E-state index is 0.122. The second-order valence-corrected chi connectivity index (χ2v) is 8.82. The summed E-state index contributed by atoms with van der Waals surface area (Å²) in [5.74, 6) is 0.286. The molecule has 0 unspecified atom stereocenters. The molecule has 8 heteroatoms. The van der Waals surface area contributed by atoms with Crippen LogP contribution in [0.3, 0.4) is 0 Å². The Morgan fingerprint density at radius 3 is 2.52 bits per heavy atom. The Kier molecular flexibility index (Phi) is 6.44. The van der Waals surface area contributed by atoms with Gasteiger partial charge in [0.1, 0.15) is 11.9 Å². The summed E-state index contributed by atoms with van der Waals surface area (Å²) >= 11 is 0. The largest absolute Gasteiger partial charge is 0.485 e. The third-order valence-corrected chi connectivity index (χ3v) is 6.68. The highest BCUT2D eigenvalue weighted by Gasteiger charge is 2.29. The lowest BCUT2D eigenvalue weighted by molar-refractivity contribution is 0.0526. The van der Waals surface area contributed by atoms with E-state index in [1.54, 1.807) is 6.92 Å². The second-order valence-electron chi connectivity index (χ2n) is 6.78. The van der Waals surface area contributed by atoms with E-state index in [4.69, 9.17) is 9.47 Å². The number of ether oxygens (including phenoxy) is 2. The number of nitrogens with zero attached hydrogens (tertiary/aromatic N) is 2. The van der Waals surface area contributed by atoms with Gasteiger partial charge in [0, 0.05) is 13.6 Å². The van der Waals surface area contributed by atoms with Crippen LogP contribution in [0.2, 0.25) is 0 Å². The van der Waals surface area contributed by atoms with Crippen LogP contribution in [0.4, 0.5) is 5.69 Å². The van der Waals surface area contributed by atoms with Gasteiger partial charge >= 0.3 is 5.97 Å². The number of carbonyl (C=O) groups is 1. The topological polar surface area (TPSA) is 76.2 Å². The number of likely N-dealkylation sites (N-methyl/N-ethyl adjacent to an activating group) is 2. The molecule has 0 spiro atoms. The normalized spacial score (nSPS) is 16.3. The lowest BCUT2D eigenvalue weighted by Crippen LogP contribution is -2.46. The minimum atomic E-state index is -3.71. The van der Waals surface area contributed by atoms with Crippen LogP contribution in [-0.4, -0.2) is 58.1 Å². The zero-order valence-corrected chi connectivity index (χ0v) is 17.7. The summed E-state index contributed by atoms with van der Waals surface area (Å²) in [5, 5.41) is 0. The predicted molar refractivity (Wildman–Crippen MR) is 111 cm³/mol. The van der Waals surface area contributed by atoms with Gasteiger partial charge in [-0.2, -0.15) is 4.31 Å². The van der Waals surface area contributed by atoms with Gasteiger partial charge in [0.2, 0.25) is 10.0 Å². The maximum absolute atomic E-state index is 12.9. The van der Waals surface area contributed by atoms with E-state index in [1.165, 1.54) is 35.6 Å². The molecule has 0 bridgehead atoms. The molecule has 3 rings (SSSR count). The smallest absolute Gasteiger partial charge is 0.338 e. The standard InChI is InChI=1S/C21H26N2O5S/c1-4-23-15-17(28-20-9-7-6-8-19(20)23)14-22(3)29(25,26)18-12-10-16(11-13-18)21(24)27-5-2/h6-13,17H,4-5,14-15H2,1-3H3/t17-/m0/s1. The first-order chi connectivity index (χ1) is 13.9. The molecule has 29 heavy (non-hydrogen) atoms. The maximum Gasteiger partial charge on any atom is 0.338 e. The van der Waals surface area contributed by atoms with Crippen molar-refractivity contribution in [1.29, 1.82) is 0 Å². The Morgan fingerprint density at radius 1 is 1.17 bits per heavy atom. The molecule has 0 amide bonds. The average molecular weight is 419 g/mol. The molecule has 1 atom stereocenters. The van der Waals surface area contributed by atoms with Gasteiger partial charge in [0.05, 0.1) is 35.8 Å². The van der Waals surface area contributed by atoms with Crippen LogP contribution in [0.15, 0.2) is 53.4 Å². The predicted octanol–water partition coefficient (Wildman–Crippen LogP) is 2.77. The number of para-hydroxylation sites is 2. The number of sulfonamides is 1. The first-order valence-corrected chi connectivity index (χ1v) is 11.0. The minimum Gasteiger partial charge on any atom is -0.485 e. The first kappa shape index (κ1) is 21.1. The lowest BCUT2D eigenvalue weighted by atomic mass is 10.2. The monoisotopic (exact) mass is 418 g/mol. The van der Waals surface area contributed by atoms with Crippen LogP contribution in [0.1, 0.15) is 24.2 Å². The van der Waals surface area contributed by atoms with E-state index in [-0.39, 0.29) is 24.2 Å². The number of hydrogen-bond donors (Lipinski definition) is 0. The molecule has 1 aliphatic heterocycles. The van der Waals surface area contributed by atoms with E-state index in [0.29, 0.717) is 12.1 Å². The van der Waals surface area contributed by atoms with Crippen molar-refractivity contribution in [2.24, 2.45) is 0 Å². The van der Waals surface area contributed by atoms with Crippen LogP contribution in [0.5, 0.6) is 5.75 Å². The van der Waals surface area contributed by atoms with E-state index in [2.05, 4.69) is 11.8 Å². The highest BCUT2D eigenvalue weighted by atomic mass is 32.2. The van der Waals surface area contributed by atoms with Gasteiger partial charge in [-0.05, 0) is 50.2 Å². The van der Waals surface area contributed by atoms with E-state index in [0.717, 1.165) is 18.0 Å². The summed E-state index contributed by atoms with van der Waals surface area (Å²) in [5.41, 5.74) is 1.34. The average Bonchev–Trinajstić information content (AvgIpc) is 2.73. The number of fused-ring (bicyclic) bond motifs is 1. The Bertz CT molecular complexity index is 959. The van der Waals surface area contributed by atoms with Gasteiger partial charge in [-0.15, -0.1) is 0 Å². The fraction of sp³-hybridized carbons (Fsp3) is 0.381. The number of carbonyl (C=O) groups excluding carboxylic acids is 1. The quantitative estimate of drug-likeness (QED) is 0.644. The third-order valence-electron chi connectivity index (χ3n) is 4.84. The number of rotatable bonds is 7. The summed E-state index contributed by atoms with van der Waals surface area (Å²) in [6.45, 7) is 5.67. The summed E-state index contributed by atoms with van der Waals surface area (Å²) in [4.78, 5) is 14.1. The molecule has 2 aromatic rings. The zero-order chi connectivity index (χ0) is 21.0. The molecule has 0 radical (unpaired) electrons. The molecule has 0 saturated heterocycles.